The Hall–Kier alpha value is -3.06. The van der Waals surface area contributed by atoms with Crippen molar-refractivity contribution in [1.29, 1.82) is 0 Å². The smallest absolute Gasteiger partial charge is 0.359 e. The van der Waals surface area contributed by atoms with E-state index in [1.807, 2.05) is 0 Å². The third kappa shape index (κ3) is 7.71. The summed E-state index contributed by atoms with van der Waals surface area (Å²) >= 11 is 1.21. The summed E-state index contributed by atoms with van der Waals surface area (Å²) in [6.45, 7) is 3.37. The Morgan fingerprint density at radius 3 is 2.46 bits per heavy atom. The number of amides is 1. The number of aromatic nitrogens is 1. The molecule has 1 amide bonds. The first-order chi connectivity index (χ1) is 17.6. The zero-order valence-corrected chi connectivity index (χ0v) is 21.5. The van der Waals surface area contributed by atoms with Gasteiger partial charge in [-0.3, -0.25) is 9.59 Å². The molecule has 0 spiro atoms. The molecule has 0 unspecified atom stereocenters. The van der Waals surface area contributed by atoms with E-state index >= 15 is 0 Å². The molecule has 10 nitrogen and oxygen atoms in total. The molecule has 200 valence electrons. The lowest BCUT2D eigenvalue weighted by Gasteiger charge is -2.30. The molecule has 0 atom stereocenters. The molecule has 1 saturated heterocycles. The minimum atomic E-state index is -2.05. The average Bonchev–Trinajstić information content (AvgIpc) is 3.19. The fourth-order valence-corrected chi connectivity index (χ4v) is 4.85. The molecule has 1 aromatic carbocycles. The summed E-state index contributed by atoms with van der Waals surface area (Å²) in [5.74, 6) is -4.09. The molecule has 2 N–H and O–H groups in total. The summed E-state index contributed by atoms with van der Waals surface area (Å²) in [7, 11) is 0. The van der Waals surface area contributed by atoms with Gasteiger partial charge >= 0.3 is 11.9 Å². The van der Waals surface area contributed by atoms with Crippen LogP contribution in [-0.4, -0.2) is 75.3 Å². The second kappa shape index (κ2) is 13.0. The molecule has 12 heteroatoms. The summed E-state index contributed by atoms with van der Waals surface area (Å²) in [4.78, 5) is 43.6. The maximum atomic E-state index is 13.3. The summed E-state index contributed by atoms with van der Waals surface area (Å²) in [5.41, 5.74) is 1.38. The Morgan fingerprint density at radius 1 is 1.14 bits per heavy atom. The number of anilines is 1. The number of benzene rings is 1. The van der Waals surface area contributed by atoms with Crippen LogP contribution in [0.1, 0.15) is 48.3 Å². The van der Waals surface area contributed by atoms with Gasteiger partial charge in [-0.2, -0.15) is 4.31 Å². The van der Waals surface area contributed by atoms with Crippen molar-refractivity contribution in [1.82, 2.24) is 9.29 Å². The van der Waals surface area contributed by atoms with Gasteiger partial charge in [0.05, 0.1) is 18.9 Å². The average molecular weight is 536 g/mol. The molecule has 2 heterocycles. The number of ether oxygens (including phenoxy) is 2. The molecule has 0 radical (unpaired) electrons. The highest BCUT2D eigenvalue weighted by molar-refractivity contribution is 7.97. The van der Waals surface area contributed by atoms with Crippen LogP contribution in [0.5, 0.6) is 0 Å². The maximum Gasteiger partial charge on any atom is 0.359 e. The van der Waals surface area contributed by atoms with Crippen molar-refractivity contribution >= 4 is 35.5 Å². The van der Waals surface area contributed by atoms with E-state index in [1.54, 1.807) is 32.0 Å². The van der Waals surface area contributed by atoms with Crippen LogP contribution in [0.4, 0.5) is 10.1 Å². The molecule has 0 bridgehead atoms. The molecule has 0 saturated carbocycles. The van der Waals surface area contributed by atoms with Gasteiger partial charge in [0.25, 0.3) is 0 Å². The van der Waals surface area contributed by atoms with E-state index in [2.05, 4.69) is 4.98 Å². The predicted molar refractivity (Wildman–Crippen MR) is 134 cm³/mol. The van der Waals surface area contributed by atoms with E-state index in [1.165, 1.54) is 39.5 Å². The Kier molecular flexibility index (Phi) is 9.98. The van der Waals surface area contributed by atoms with E-state index in [4.69, 9.17) is 9.47 Å². The summed E-state index contributed by atoms with van der Waals surface area (Å²) in [6.07, 6.45) is 1.34. The van der Waals surface area contributed by atoms with Crippen molar-refractivity contribution in [3.63, 3.8) is 0 Å². The van der Waals surface area contributed by atoms with Crippen molar-refractivity contribution in [3.8, 4) is 0 Å². The van der Waals surface area contributed by atoms with E-state index < -0.39 is 30.2 Å². The van der Waals surface area contributed by atoms with E-state index in [0.29, 0.717) is 17.7 Å². The van der Waals surface area contributed by atoms with Crippen LogP contribution in [-0.2, 0) is 25.5 Å². The molecule has 3 rings (SSSR count). The molecule has 1 aromatic heterocycles. The summed E-state index contributed by atoms with van der Waals surface area (Å²) in [5, 5.41) is 20.4. The monoisotopic (exact) mass is 535 g/mol. The number of rotatable bonds is 11. The Bertz CT molecular complexity index is 1110. The molecule has 37 heavy (non-hydrogen) atoms. The highest BCUT2D eigenvalue weighted by Crippen LogP contribution is 2.32. The Morgan fingerprint density at radius 2 is 1.84 bits per heavy atom. The Balaban J connectivity index is 1.99. The first kappa shape index (κ1) is 28.5. The van der Waals surface area contributed by atoms with Crippen LogP contribution >= 0.6 is 11.9 Å². The molecule has 2 aromatic rings. The third-order valence-electron chi connectivity index (χ3n) is 5.52. The van der Waals surface area contributed by atoms with Crippen molar-refractivity contribution in [2.75, 3.05) is 37.0 Å². The summed E-state index contributed by atoms with van der Waals surface area (Å²) < 4.78 is 24.7. The van der Waals surface area contributed by atoms with Crippen LogP contribution in [0.25, 0.3) is 0 Å². The van der Waals surface area contributed by atoms with E-state index in [0.717, 1.165) is 5.56 Å². The minimum Gasteiger partial charge on any atom is -0.466 e. The predicted octanol–water partition coefficient (Wildman–Crippen LogP) is 2.27. The number of carbonyl (C=O) groups excluding carboxylic acids is 3. The molecular weight excluding hydrogens is 505 g/mol. The van der Waals surface area contributed by atoms with Crippen LogP contribution in [0, 0.1) is 5.82 Å². The number of hydrogen-bond donors (Lipinski definition) is 2. The van der Waals surface area contributed by atoms with Gasteiger partial charge in [0.1, 0.15) is 12.2 Å². The lowest BCUT2D eigenvalue weighted by Crippen LogP contribution is -2.46. The number of hydrogen-bond acceptors (Lipinski definition) is 10. The van der Waals surface area contributed by atoms with Gasteiger partial charge in [0, 0.05) is 31.5 Å². The summed E-state index contributed by atoms with van der Waals surface area (Å²) in [6, 6.07) is 7.48. The number of aliphatic hydroxyl groups is 2. The first-order valence-corrected chi connectivity index (χ1v) is 12.8. The van der Waals surface area contributed by atoms with Crippen LogP contribution in [0.2, 0.25) is 0 Å². The standard InChI is InChI=1S/C25H30FN3O7S/c1-3-35-22(31)15-21(30)28(10-11-29-25(33,34)9-12-37-29)20-14-18(13-17-5-7-19(26)8-6-17)16-27-23(20)24(32)36-4-2/h5-8,14,16,33-34H,3-4,9-13,15H2,1-2H3. The SMILES string of the molecule is CCOC(=O)CC(=O)N(CCN1SCCC1(O)O)c1cc(Cc2ccc(F)cc2)cnc1C(=O)OCC. The second-order valence-electron chi connectivity index (χ2n) is 8.22. The molecule has 1 aliphatic heterocycles. The van der Waals surface area contributed by atoms with Crippen LogP contribution in [0.3, 0.4) is 0 Å². The molecule has 1 aliphatic rings. The van der Waals surface area contributed by atoms with E-state index in [9.17, 15) is 29.0 Å². The van der Waals surface area contributed by atoms with Gasteiger partial charge < -0.3 is 24.6 Å². The first-order valence-electron chi connectivity index (χ1n) is 11.9. The number of pyridine rings is 1. The minimum absolute atomic E-state index is 0.0245. The highest BCUT2D eigenvalue weighted by atomic mass is 32.2. The Labute approximate surface area is 218 Å². The zero-order valence-electron chi connectivity index (χ0n) is 20.7. The lowest BCUT2D eigenvalue weighted by molar-refractivity contribution is -0.222. The van der Waals surface area contributed by atoms with Crippen molar-refractivity contribution in [2.45, 2.75) is 39.0 Å². The lowest BCUT2D eigenvalue weighted by atomic mass is 10.0. The number of halogens is 1. The quantitative estimate of drug-likeness (QED) is 0.191. The van der Waals surface area contributed by atoms with Gasteiger partial charge in [0.15, 0.2) is 5.69 Å². The van der Waals surface area contributed by atoms with E-state index in [-0.39, 0.29) is 49.9 Å². The number of esters is 2. The van der Waals surface area contributed by atoms with Crippen LogP contribution < -0.4 is 4.90 Å². The van der Waals surface area contributed by atoms with Crippen LogP contribution in [0.15, 0.2) is 36.5 Å². The number of carbonyl (C=O) groups is 3. The largest absolute Gasteiger partial charge is 0.466 e. The van der Waals surface area contributed by atoms with Crippen molar-refractivity contribution in [2.24, 2.45) is 0 Å². The highest BCUT2D eigenvalue weighted by Gasteiger charge is 2.38. The van der Waals surface area contributed by atoms with Gasteiger partial charge in [-0.1, -0.05) is 24.1 Å². The number of nitrogens with zero attached hydrogens (tertiary/aromatic N) is 3. The van der Waals surface area contributed by atoms with Gasteiger partial charge in [-0.25, -0.2) is 14.2 Å². The topological polar surface area (TPSA) is 130 Å². The van der Waals surface area contributed by atoms with Gasteiger partial charge in [0.2, 0.25) is 11.8 Å². The van der Waals surface area contributed by atoms with Crippen molar-refractivity contribution < 1.29 is 38.5 Å². The van der Waals surface area contributed by atoms with Gasteiger partial charge in [-0.15, -0.1) is 0 Å². The second-order valence-corrected chi connectivity index (χ2v) is 9.33. The van der Waals surface area contributed by atoms with Gasteiger partial charge in [-0.05, 0) is 49.6 Å². The zero-order chi connectivity index (χ0) is 27.0. The van der Waals surface area contributed by atoms with Crippen molar-refractivity contribution in [3.05, 3.63) is 59.2 Å². The maximum absolute atomic E-state index is 13.3. The fraction of sp³-hybridized carbons (Fsp3) is 0.440. The third-order valence-corrected chi connectivity index (χ3v) is 6.69. The molecule has 0 aliphatic carbocycles. The molecular formula is C25H30FN3O7S. The normalized spacial score (nSPS) is 14.8. The fourth-order valence-electron chi connectivity index (χ4n) is 3.76. The molecule has 1 fully saturated rings.